The van der Waals surface area contributed by atoms with Gasteiger partial charge in [0.05, 0.1) is 0 Å². The number of thioether (sulfide) groups is 1. The third kappa shape index (κ3) is 5.23. The topological polar surface area (TPSA) is 49.4 Å². The first-order valence-electron chi connectivity index (χ1n) is 8.86. The van der Waals surface area contributed by atoms with Crippen molar-refractivity contribution in [3.8, 4) is 0 Å². The maximum Gasteiger partial charge on any atom is 0.253 e. The summed E-state index contributed by atoms with van der Waals surface area (Å²) < 4.78 is 14.5. The number of anilines is 1. The third-order valence-electron chi connectivity index (χ3n) is 4.40. The standard InChI is InChI=1S/C21H20BrFN2O2S/c1-14-12-16(21(27)25-8-10-28-11-9-25)2-6-19(14)24-20(26)7-3-15-13-17(22)4-5-18(15)23/h2-7,12-13H,8-11H2,1H3,(H,24,26). The van der Waals surface area contributed by atoms with E-state index >= 15 is 0 Å². The quantitative estimate of drug-likeness (QED) is 0.667. The largest absolute Gasteiger partial charge is 0.337 e. The lowest BCUT2D eigenvalue weighted by Gasteiger charge is -2.26. The molecule has 1 heterocycles. The molecule has 4 nitrogen and oxygen atoms in total. The Morgan fingerprint density at radius 3 is 2.64 bits per heavy atom. The highest BCUT2D eigenvalue weighted by Crippen LogP contribution is 2.20. The Kier molecular flexibility index (Phi) is 6.91. The van der Waals surface area contributed by atoms with Gasteiger partial charge in [0.15, 0.2) is 0 Å². The van der Waals surface area contributed by atoms with Crippen molar-refractivity contribution in [1.82, 2.24) is 4.90 Å². The van der Waals surface area contributed by atoms with Gasteiger partial charge in [0, 0.05) is 52.0 Å². The van der Waals surface area contributed by atoms with E-state index in [-0.39, 0.29) is 11.8 Å². The number of aryl methyl sites for hydroxylation is 1. The summed E-state index contributed by atoms with van der Waals surface area (Å²) in [7, 11) is 0. The molecule has 146 valence electrons. The van der Waals surface area contributed by atoms with E-state index in [4.69, 9.17) is 0 Å². The molecule has 0 spiro atoms. The van der Waals surface area contributed by atoms with E-state index in [0.29, 0.717) is 16.8 Å². The molecule has 0 unspecified atom stereocenters. The summed E-state index contributed by atoms with van der Waals surface area (Å²) in [6.07, 6.45) is 2.71. The number of benzene rings is 2. The van der Waals surface area contributed by atoms with E-state index in [0.717, 1.165) is 34.6 Å². The molecule has 2 aromatic carbocycles. The second kappa shape index (κ2) is 9.39. The van der Waals surface area contributed by atoms with Crippen molar-refractivity contribution in [1.29, 1.82) is 0 Å². The average molecular weight is 463 g/mol. The van der Waals surface area contributed by atoms with Gasteiger partial charge in [-0.05, 0) is 55.0 Å². The molecule has 1 N–H and O–H groups in total. The molecule has 0 saturated carbocycles. The highest BCUT2D eigenvalue weighted by atomic mass is 79.9. The van der Waals surface area contributed by atoms with Gasteiger partial charge in [-0.15, -0.1) is 0 Å². The van der Waals surface area contributed by atoms with Gasteiger partial charge in [0.25, 0.3) is 5.91 Å². The fourth-order valence-electron chi connectivity index (χ4n) is 2.87. The number of halogens is 2. The van der Waals surface area contributed by atoms with Crippen molar-refractivity contribution in [3.63, 3.8) is 0 Å². The fourth-order valence-corrected chi connectivity index (χ4v) is 4.15. The lowest BCUT2D eigenvalue weighted by atomic mass is 10.1. The van der Waals surface area contributed by atoms with Crippen LogP contribution in [0.5, 0.6) is 0 Å². The number of carbonyl (C=O) groups excluding carboxylic acids is 2. The van der Waals surface area contributed by atoms with Crippen LogP contribution in [-0.4, -0.2) is 41.3 Å². The summed E-state index contributed by atoms with van der Waals surface area (Å²) >= 11 is 5.13. The van der Waals surface area contributed by atoms with Crippen LogP contribution in [0.15, 0.2) is 46.9 Å². The lowest BCUT2D eigenvalue weighted by molar-refractivity contribution is -0.111. The number of nitrogens with one attached hydrogen (secondary N) is 1. The maximum atomic E-state index is 13.7. The minimum Gasteiger partial charge on any atom is -0.337 e. The number of amides is 2. The molecule has 2 aromatic rings. The van der Waals surface area contributed by atoms with E-state index in [1.165, 1.54) is 18.2 Å². The normalized spacial score (nSPS) is 14.3. The Morgan fingerprint density at radius 1 is 1.18 bits per heavy atom. The van der Waals surface area contributed by atoms with Crippen molar-refractivity contribution in [2.45, 2.75) is 6.92 Å². The Hall–Kier alpha value is -2.12. The highest BCUT2D eigenvalue weighted by molar-refractivity contribution is 9.10. The Morgan fingerprint density at radius 2 is 1.93 bits per heavy atom. The van der Waals surface area contributed by atoms with Crippen LogP contribution >= 0.6 is 27.7 Å². The maximum absolute atomic E-state index is 13.7. The fraction of sp³-hybridized carbons (Fsp3) is 0.238. The molecule has 0 aliphatic carbocycles. The van der Waals surface area contributed by atoms with Crippen molar-refractivity contribution in [3.05, 3.63) is 69.5 Å². The first-order valence-corrected chi connectivity index (χ1v) is 10.8. The van der Waals surface area contributed by atoms with E-state index in [1.807, 2.05) is 23.6 Å². The van der Waals surface area contributed by atoms with Crippen LogP contribution in [0.2, 0.25) is 0 Å². The van der Waals surface area contributed by atoms with E-state index in [2.05, 4.69) is 21.2 Å². The molecule has 1 fully saturated rings. The first kappa shape index (κ1) is 20.6. The molecule has 1 aliphatic heterocycles. The summed E-state index contributed by atoms with van der Waals surface area (Å²) in [5.74, 6) is 1.18. The second-order valence-corrected chi connectivity index (χ2v) is 8.56. The van der Waals surface area contributed by atoms with Crippen LogP contribution in [0.25, 0.3) is 6.08 Å². The predicted molar refractivity (Wildman–Crippen MR) is 116 cm³/mol. The summed E-state index contributed by atoms with van der Waals surface area (Å²) in [6.45, 7) is 3.37. The van der Waals surface area contributed by atoms with E-state index < -0.39 is 5.82 Å². The molecule has 1 aliphatic rings. The molecule has 2 amide bonds. The summed E-state index contributed by atoms with van der Waals surface area (Å²) in [5.41, 5.74) is 2.36. The molecule has 0 aromatic heterocycles. The predicted octanol–water partition coefficient (Wildman–Crippen LogP) is 4.74. The van der Waals surface area contributed by atoms with Crippen LogP contribution in [0.3, 0.4) is 0 Å². The molecule has 3 rings (SSSR count). The monoisotopic (exact) mass is 462 g/mol. The van der Waals surface area contributed by atoms with Crippen molar-refractivity contribution in [2.24, 2.45) is 0 Å². The average Bonchev–Trinajstić information content (AvgIpc) is 2.70. The van der Waals surface area contributed by atoms with Gasteiger partial charge >= 0.3 is 0 Å². The molecule has 0 radical (unpaired) electrons. The van der Waals surface area contributed by atoms with Crippen LogP contribution in [0.4, 0.5) is 10.1 Å². The SMILES string of the molecule is Cc1cc(C(=O)N2CCSCC2)ccc1NC(=O)C=Cc1cc(Br)ccc1F. The molecular formula is C21H20BrFN2O2S. The Bertz CT molecular complexity index is 927. The highest BCUT2D eigenvalue weighted by Gasteiger charge is 2.19. The molecule has 28 heavy (non-hydrogen) atoms. The zero-order chi connectivity index (χ0) is 20.1. The molecule has 7 heteroatoms. The van der Waals surface area contributed by atoms with Gasteiger partial charge in [-0.3, -0.25) is 9.59 Å². The zero-order valence-electron chi connectivity index (χ0n) is 15.4. The second-order valence-electron chi connectivity index (χ2n) is 6.42. The van der Waals surface area contributed by atoms with Crippen LogP contribution in [0.1, 0.15) is 21.5 Å². The van der Waals surface area contributed by atoms with Crippen molar-refractivity contribution >= 4 is 51.3 Å². The van der Waals surface area contributed by atoms with Crippen LogP contribution < -0.4 is 5.32 Å². The van der Waals surface area contributed by atoms with Crippen molar-refractivity contribution < 1.29 is 14.0 Å². The number of carbonyl (C=O) groups is 2. The number of rotatable bonds is 4. The van der Waals surface area contributed by atoms with Gasteiger partial charge in [0.1, 0.15) is 5.82 Å². The number of nitrogens with zero attached hydrogens (tertiary/aromatic N) is 1. The van der Waals surface area contributed by atoms with Gasteiger partial charge in [-0.2, -0.15) is 11.8 Å². The Balaban J connectivity index is 1.67. The van der Waals surface area contributed by atoms with Crippen molar-refractivity contribution in [2.75, 3.05) is 29.9 Å². The molecule has 0 atom stereocenters. The summed E-state index contributed by atoms with van der Waals surface area (Å²) in [6, 6.07) is 9.78. The Labute approximate surface area is 176 Å². The zero-order valence-corrected chi connectivity index (χ0v) is 17.8. The lowest BCUT2D eigenvalue weighted by Crippen LogP contribution is -2.37. The molecule has 0 bridgehead atoms. The third-order valence-corrected chi connectivity index (χ3v) is 5.84. The minimum absolute atomic E-state index is 0.0197. The molecular weight excluding hydrogens is 443 g/mol. The number of hydrogen-bond donors (Lipinski definition) is 1. The van der Waals surface area contributed by atoms with E-state index in [9.17, 15) is 14.0 Å². The van der Waals surface area contributed by atoms with Gasteiger partial charge in [-0.25, -0.2) is 4.39 Å². The number of hydrogen-bond acceptors (Lipinski definition) is 3. The van der Waals surface area contributed by atoms with Gasteiger partial charge in [0.2, 0.25) is 5.91 Å². The molecule has 1 saturated heterocycles. The summed E-state index contributed by atoms with van der Waals surface area (Å²) in [4.78, 5) is 26.6. The van der Waals surface area contributed by atoms with E-state index in [1.54, 1.807) is 30.3 Å². The minimum atomic E-state index is -0.401. The smallest absolute Gasteiger partial charge is 0.253 e. The van der Waals surface area contributed by atoms with Gasteiger partial charge < -0.3 is 10.2 Å². The van der Waals surface area contributed by atoms with Crippen LogP contribution in [-0.2, 0) is 4.79 Å². The van der Waals surface area contributed by atoms with Gasteiger partial charge in [-0.1, -0.05) is 15.9 Å². The first-order chi connectivity index (χ1) is 13.4. The van der Waals surface area contributed by atoms with Crippen LogP contribution in [0, 0.1) is 12.7 Å². The summed E-state index contributed by atoms with van der Waals surface area (Å²) in [5, 5.41) is 2.77.